The van der Waals surface area contributed by atoms with Crippen molar-refractivity contribution in [3.8, 4) is 5.75 Å². The van der Waals surface area contributed by atoms with Gasteiger partial charge in [0.15, 0.2) is 0 Å². The monoisotopic (exact) mass is 773 g/mol. The molecule has 0 spiro atoms. The SMILES string of the molecule is CCOC(=O)c1c(NC(=O)C(Sc2cccc(NC(=O)/C(=C\c3ccccc3OCC)NC(=O)c3ccccc3)c2)c2ccccc2)sc2c1CCCCC2. The molecule has 0 saturated carbocycles. The third kappa shape index (κ3) is 10.1. The fourth-order valence-electron chi connectivity index (χ4n) is 6.29. The van der Waals surface area contributed by atoms with Crippen molar-refractivity contribution in [2.45, 2.75) is 56.1 Å². The Morgan fingerprint density at radius 1 is 0.800 bits per heavy atom. The number of fused-ring (bicyclic) bond motifs is 1. The predicted molar refractivity (Wildman–Crippen MR) is 220 cm³/mol. The lowest BCUT2D eigenvalue weighted by Gasteiger charge is -2.18. The van der Waals surface area contributed by atoms with Gasteiger partial charge < -0.3 is 25.4 Å². The van der Waals surface area contributed by atoms with E-state index in [1.54, 1.807) is 61.5 Å². The molecule has 55 heavy (non-hydrogen) atoms. The van der Waals surface area contributed by atoms with E-state index in [9.17, 15) is 19.2 Å². The molecule has 0 radical (unpaired) electrons. The van der Waals surface area contributed by atoms with Crippen LogP contribution in [0.5, 0.6) is 5.75 Å². The first-order valence-electron chi connectivity index (χ1n) is 18.4. The molecule has 1 atom stereocenters. The van der Waals surface area contributed by atoms with Crippen LogP contribution in [0.2, 0.25) is 0 Å². The summed E-state index contributed by atoms with van der Waals surface area (Å²) in [6, 6.07) is 32.6. The second-order valence-electron chi connectivity index (χ2n) is 12.7. The molecule has 5 aromatic rings. The van der Waals surface area contributed by atoms with Crippen LogP contribution in [0, 0.1) is 0 Å². The smallest absolute Gasteiger partial charge is 0.341 e. The number of ether oxygens (including phenoxy) is 2. The van der Waals surface area contributed by atoms with Crippen molar-refractivity contribution in [2.75, 3.05) is 23.8 Å². The lowest BCUT2D eigenvalue weighted by molar-refractivity contribution is -0.116. The number of rotatable bonds is 14. The highest BCUT2D eigenvalue weighted by molar-refractivity contribution is 8.00. The number of benzene rings is 4. The summed E-state index contributed by atoms with van der Waals surface area (Å²) in [5.41, 5.74) is 3.73. The van der Waals surface area contributed by atoms with Gasteiger partial charge in [-0.3, -0.25) is 14.4 Å². The molecule has 3 N–H and O–H groups in total. The Morgan fingerprint density at radius 2 is 1.53 bits per heavy atom. The van der Waals surface area contributed by atoms with E-state index in [1.165, 1.54) is 23.1 Å². The van der Waals surface area contributed by atoms with Crippen LogP contribution >= 0.6 is 23.1 Å². The topological polar surface area (TPSA) is 123 Å². The van der Waals surface area contributed by atoms with Crippen LogP contribution in [0.1, 0.15) is 80.6 Å². The normalized spacial score (nSPS) is 13.1. The maximum Gasteiger partial charge on any atom is 0.341 e. The van der Waals surface area contributed by atoms with E-state index >= 15 is 0 Å². The zero-order valence-corrected chi connectivity index (χ0v) is 32.4. The third-order valence-electron chi connectivity index (χ3n) is 8.87. The van der Waals surface area contributed by atoms with E-state index in [2.05, 4.69) is 16.0 Å². The Balaban J connectivity index is 1.26. The first kappa shape index (κ1) is 39.1. The Hall–Kier alpha value is -5.65. The summed E-state index contributed by atoms with van der Waals surface area (Å²) in [5.74, 6) is -1.11. The van der Waals surface area contributed by atoms with Gasteiger partial charge >= 0.3 is 5.97 Å². The van der Waals surface area contributed by atoms with Gasteiger partial charge in [-0.15, -0.1) is 23.1 Å². The number of amides is 3. The van der Waals surface area contributed by atoms with Crippen molar-refractivity contribution in [2.24, 2.45) is 0 Å². The maximum atomic E-state index is 14.2. The summed E-state index contributed by atoms with van der Waals surface area (Å²) in [6.07, 6.45) is 6.34. The molecule has 3 amide bonds. The Labute approximate surface area is 329 Å². The Kier molecular flexibility index (Phi) is 13.6. The predicted octanol–water partition coefficient (Wildman–Crippen LogP) is 9.47. The number of thiophene rings is 1. The number of esters is 1. The number of hydrogen-bond acceptors (Lipinski definition) is 8. The van der Waals surface area contributed by atoms with Crippen molar-refractivity contribution in [1.29, 1.82) is 0 Å². The van der Waals surface area contributed by atoms with Gasteiger partial charge in [0.1, 0.15) is 21.7 Å². The van der Waals surface area contributed by atoms with Gasteiger partial charge in [-0.1, -0.05) is 79.2 Å². The van der Waals surface area contributed by atoms with Gasteiger partial charge in [0, 0.05) is 26.6 Å². The summed E-state index contributed by atoms with van der Waals surface area (Å²) >= 11 is 2.79. The highest BCUT2D eigenvalue weighted by Gasteiger charge is 2.30. The quantitative estimate of drug-likeness (QED) is 0.0445. The number of aryl methyl sites for hydroxylation is 1. The molecule has 1 aromatic heterocycles. The van der Waals surface area contributed by atoms with Gasteiger partial charge in [-0.25, -0.2) is 4.79 Å². The molecule has 282 valence electrons. The summed E-state index contributed by atoms with van der Waals surface area (Å²) in [7, 11) is 0. The second kappa shape index (κ2) is 19.1. The average molecular weight is 774 g/mol. The molecule has 11 heteroatoms. The van der Waals surface area contributed by atoms with Crippen LogP contribution in [0.4, 0.5) is 10.7 Å². The van der Waals surface area contributed by atoms with Gasteiger partial charge in [0.2, 0.25) is 5.91 Å². The van der Waals surface area contributed by atoms with E-state index in [0.29, 0.717) is 39.7 Å². The fraction of sp³-hybridized carbons (Fsp3) is 0.227. The molecule has 0 fully saturated rings. The summed E-state index contributed by atoms with van der Waals surface area (Å²) in [6.45, 7) is 4.32. The van der Waals surface area contributed by atoms with Gasteiger partial charge in [0.05, 0.1) is 18.8 Å². The molecule has 6 rings (SSSR count). The minimum atomic E-state index is -0.695. The van der Waals surface area contributed by atoms with Crippen LogP contribution in [0.15, 0.2) is 120 Å². The van der Waals surface area contributed by atoms with E-state index < -0.39 is 23.0 Å². The molecule has 1 heterocycles. The number of carbonyl (C=O) groups excluding carboxylic acids is 4. The first-order chi connectivity index (χ1) is 26.8. The highest BCUT2D eigenvalue weighted by atomic mass is 32.2. The number of hydrogen-bond donors (Lipinski definition) is 3. The minimum Gasteiger partial charge on any atom is -0.493 e. The van der Waals surface area contributed by atoms with E-state index in [-0.39, 0.29) is 18.2 Å². The maximum absolute atomic E-state index is 14.2. The molecule has 9 nitrogen and oxygen atoms in total. The largest absolute Gasteiger partial charge is 0.493 e. The Morgan fingerprint density at radius 3 is 2.29 bits per heavy atom. The zero-order valence-electron chi connectivity index (χ0n) is 30.8. The molecule has 1 aliphatic rings. The van der Waals surface area contributed by atoms with Crippen LogP contribution in [-0.4, -0.2) is 36.9 Å². The average Bonchev–Trinajstić information content (AvgIpc) is 3.37. The minimum absolute atomic E-state index is 0.0207. The van der Waals surface area contributed by atoms with Crippen molar-refractivity contribution in [3.63, 3.8) is 0 Å². The van der Waals surface area contributed by atoms with Gasteiger partial charge in [-0.05, 0) is 93.1 Å². The molecule has 0 bridgehead atoms. The molecule has 0 saturated heterocycles. The lowest BCUT2D eigenvalue weighted by atomic mass is 10.1. The molecular formula is C44H43N3O6S2. The number of nitrogens with one attached hydrogen (secondary N) is 3. The van der Waals surface area contributed by atoms with E-state index in [0.717, 1.165) is 53.0 Å². The molecule has 1 aliphatic carbocycles. The van der Waals surface area contributed by atoms with E-state index in [4.69, 9.17) is 9.47 Å². The van der Waals surface area contributed by atoms with Crippen LogP contribution in [0.3, 0.4) is 0 Å². The summed E-state index contributed by atoms with van der Waals surface area (Å²) in [5, 5.41) is 8.64. The molecular weight excluding hydrogens is 731 g/mol. The van der Waals surface area contributed by atoms with Crippen LogP contribution < -0.4 is 20.7 Å². The van der Waals surface area contributed by atoms with Crippen molar-refractivity contribution < 1.29 is 28.7 Å². The highest BCUT2D eigenvalue weighted by Crippen LogP contribution is 2.41. The third-order valence-corrected chi connectivity index (χ3v) is 11.3. The lowest BCUT2D eigenvalue weighted by Crippen LogP contribution is -2.30. The van der Waals surface area contributed by atoms with E-state index in [1.807, 2.05) is 67.6 Å². The summed E-state index contributed by atoms with van der Waals surface area (Å²) < 4.78 is 11.2. The number of thioether (sulfide) groups is 1. The standard InChI is InChI=1S/C44H43N3O6S2/c1-3-52-36-25-15-14-21-31(36)27-35(46-40(48)30-19-10-6-11-20-30)41(49)45-32-22-16-23-33(28-32)54-39(29-17-8-5-9-18-29)42(50)47-43-38(44(51)53-4-2)34-24-12-7-13-26-37(34)55-43/h5-6,8-11,14-23,25,27-28,39H,3-4,7,12-13,24,26H2,1-2H3,(H,45,49)(H,46,48)(H,47,50)/b35-27+. The van der Waals surface area contributed by atoms with Crippen LogP contribution in [-0.2, 0) is 27.2 Å². The zero-order chi connectivity index (χ0) is 38.6. The summed E-state index contributed by atoms with van der Waals surface area (Å²) in [4.78, 5) is 56.5. The molecule has 1 unspecified atom stereocenters. The first-order valence-corrected chi connectivity index (χ1v) is 20.1. The fourth-order valence-corrected chi connectivity index (χ4v) is 8.66. The van der Waals surface area contributed by atoms with Gasteiger partial charge in [0.25, 0.3) is 11.8 Å². The van der Waals surface area contributed by atoms with Crippen molar-refractivity contribution in [3.05, 3.63) is 148 Å². The van der Waals surface area contributed by atoms with Crippen LogP contribution in [0.25, 0.3) is 6.08 Å². The van der Waals surface area contributed by atoms with Crippen molar-refractivity contribution in [1.82, 2.24) is 5.32 Å². The Bertz CT molecular complexity index is 2170. The number of para-hydroxylation sites is 1. The molecule has 4 aromatic carbocycles. The van der Waals surface area contributed by atoms with Crippen molar-refractivity contribution >= 4 is 63.6 Å². The number of carbonyl (C=O) groups is 4. The second-order valence-corrected chi connectivity index (χ2v) is 15.0. The number of anilines is 2. The molecule has 0 aliphatic heterocycles. The van der Waals surface area contributed by atoms with Gasteiger partial charge in [-0.2, -0.15) is 0 Å².